The number of aromatic nitrogens is 1. The van der Waals surface area contributed by atoms with Crippen molar-refractivity contribution in [1.29, 1.82) is 0 Å². The van der Waals surface area contributed by atoms with E-state index >= 15 is 0 Å². The Morgan fingerprint density at radius 2 is 2.03 bits per heavy atom. The minimum atomic E-state index is -1.24. The molecule has 0 radical (unpaired) electrons. The number of halogens is 1. The number of phenols is 1. The van der Waals surface area contributed by atoms with Gasteiger partial charge in [-0.3, -0.25) is 4.79 Å². The SMILES string of the molecule is COc1cc([C@H]2CC(=O)Nc3c(C(=O)O)cn(-c4ccccc4F)c32)ccc1O. The minimum Gasteiger partial charge on any atom is -0.504 e. The summed E-state index contributed by atoms with van der Waals surface area (Å²) >= 11 is 0. The minimum absolute atomic E-state index is 0.0262. The molecule has 148 valence electrons. The number of amides is 1. The summed E-state index contributed by atoms with van der Waals surface area (Å²) in [6, 6.07) is 10.6. The van der Waals surface area contributed by atoms with Gasteiger partial charge in [-0.1, -0.05) is 18.2 Å². The average Bonchev–Trinajstić information content (AvgIpc) is 3.07. The summed E-state index contributed by atoms with van der Waals surface area (Å²) in [5, 5.41) is 22.1. The number of phenolic OH excluding ortho intramolecular Hbond substituents is 1. The molecule has 0 spiro atoms. The number of aromatic carboxylic acids is 1. The van der Waals surface area contributed by atoms with Crippen molar-refractivity contribution >= 4 is 17.6 Å². The summed E-state index contributed by atoms with van der Waals surface area (Å²) in [5.74, 6) is -2.53. The van der Waals surface area contributed by atoms with Crippen molar-refractivity contribution in [3.8, 4) is 17.2 Å². The Labute approximate surface area is 165 Å². The number of benzene rings is 2. The molecule has 0 aliphatic carbocycles. The van der Waals surface area contributed by atoms with Gasteiger partial charge < -0.3 is 24.8 Å². The van der Waals surface area contributed by atoms with Crippen LogP contribution in [0, 0.1) is 5.82 Å². The average molecular weight is 396 g/mol. The predicted octanol–water partition coefficient (Wildman–Crippen LogP) is 3.50. The summed E-state index contributed by atoms with van der Waals surface area (Å²) < 4.78 is 21.1. The maximum atomic E-state index is 14.5. The van der Waals surface area contributed by atoms with Gasteiger partial charge in [0.1, 0.15) is 11.4 Å². The molecule has 0 unspecified atom stereocenters. The molecule has 1 amide bonds. The summed E-state index contributed by atoms with van der Waals surface area (Å²) in [5.41, 5.74) is 1.24. The first kappa shape index (κ1) is 18.5. The molecule has 0 bridgehead atoms. The molecule has 8 heteroatoms. The Morgan fingerprint density at radius 1 is 1.28 bits per heavy atom. The second-order valence-corrected chi connectivity index (χ2v) is 6.67. The number of rotatable bonds is 4. The number of nitrogens with zero attached hydrogens (tertiary/aromatic N) is 1. The molecule has 1 atom stereocenters. The van der Waals surface area contributed by atoms with Crippen molar-refractivity contribution in [2.45, 2.75) is 12.3 Å². The molecule has 3 N–H and O–H groups in total. The molecule has 1 aromatic heterocycles. The Kier molecular flexibility index (Phi) is 4.46. The lowest BCUT2D eigenvalue weighted by atomic mass is 9.88. The monoisotopic (exact) mass is 396 g/mol. The van der Waals surface area contributed by atoms with Gasteiger partial charge >= 0.3 is 5.97 Å². The molecule has 7 nitrogen and oxygen atoms in total. The van der Waals surface area contributed by atoms with Crippen molar-refractivity contribution in [2.24, 2.45) is 0 Å². The van der Waals surface area contributed by atoms with E-state index in [0.717, 1.165) is 0 Å². The highest BCUT2D eigenvalue weighted by Crippen LogP contribution is 2.43. The molecule has 0 saturated heterocycles. The molecule has 0 saturated carbocycles. The third-order valence-electron chi connectivity index (χ3n) is 4.98. The summed E-state index contributed by atoms with van der Waals surface area (Å²) in [6.45, 7) is 0. The van der Waals surface area contributed by atoms with Crippen LogP contribution in [0.1, 0.15) is 34.0 Å². The van der Waals surface area contributed by atoms with E-state index in [0.29, 0.717) is 11.3 Å². The number of fused-ring (bicyclic) bond motifs is 1. The maximum Gasteiger partial charge on any atom is 0.339 e. The Balaban J connectivity index is 1.99. The zero-order chi connectivity index (χ0) is 20.7. The predicted molar refractivity (Wildman–Crippen MR) is 102 cm³/mol. The number of aromatic hydroxyl groups is 1. The van der Waals surface area contributed by atoms with Crippen LogP contribution in [0.5, 0.6) is 11.5 Å². The first-order chi connectivity index (χ1) is 13.9. The Bertz CT molecular complexity index is 1140. The summed E-state index contributed by atoms with van der Waals surface area (Å²) in [6.07, 6.45) is 1.33. The van der Waals surface area contributed by atoms with Crippen LogP contribution in [0.25, 0.3) is 5.69 Å². The summed E-state index contributed by atoms with van der Waals surface area (Å²) in [7, 11) is 1.41. The van der Waals surface area contributed by atoms with E-state index in [4.69, 9.17) is 4.74 Å². The second kappa shape index (κ2) is 6.97. The van der Waals surface area contributed by atoms with Gasteiger partial charge in [0.15, 0.2) is 11.5 Å². The van der Waals surface area contributed by atoms with Gasteiger partial charge in [0.2, 0.25) is 5.91 Å². The van der Waals surface area contributed by atoms with Crippen molar-refractivity contribution in [2.75, 3.05) is 12.4 Å². The number of carboxylic acids is 1. The molecular formula is C21H17FN2O5. The Hall–Kier alpha value is -3.81. The van der Waals surface area contributed by atoms with Gasteiger partial charge in [0.05, 0.1) is 24.2 Å². The van der Waals surface area contributed by atoms with Crippen LogP contribution in [0.3, 0.4) is 0 Å². The maximum absolute atomic E-state index is 14.5. The number of para-hydroxylation sites is 1. The van der Waals surface area contributed by atoms with Crippen molar-refractivity contribution in [3.05, 3.63) is 71.3 Å². The molecule has 3 aromatic rings. The van der Waals surface area contributed by atoms with E-state index in [2.05, 4.69) is 5.32 Å². The normalized spacial score (nSPS) is 15.5. The van der Waals surface area contributed by atoms with Gasteiger partial charge in [-0.15, -0.1) is 0 Å². The van der Waals surface area contributed by atoms with Gasteiger partial charge in [-0.2, -0.15) is 0 Å². The van der Waals surface area contributed by atoms with E-state index in [-0.39, 0.29) is 40.8 Å². The fraction of sp³-hybridized carbons (Fsp3) is 0.143. The fourth-order valence-corrected chi connectivity index (χ4v) is 3.66. The van der Waals surface area contributed by atoms with Crippen LogP contribution >= 0.6 is 0 Å². The number of carbonyl (C=O) groups excluding carboxylic acids is 1. The van der Waals surface area contributed by atoms with Crippen LogP contribution < -0.4 is 10.1 Å². The van der Waals surface area contributed by atoms with Crippen LogP contribution in [0.2, 0.25) is 0 Å². The lowest BCUT2D eigenvalue weighted by Crippen LogP contribution is -2.25. The van der Waals surface area contributed by atoms with Gasteiger partial charge in [-0.25, -0.2) is 9.18 Å². The first-order valence-electron chi connectivity index (χ1n) is 8.81. The highest BCUT2D eigenvalue weighted by atomic mass is 19.1. The van der Waals surface area contributed by atoms with E-state index < -0.39 is 17.7 Å². The molecule has 2 heterocycles. The lowest BCUT2D eigenvalue weighted by molar-refractivity contribution is -0.116. The number of nitrogens with one attached hydrogen (secondary N) is 1. The van der Waals surface area contributed by atoms with E-state index in [1.807, 2.05) is 0 Å². The molecule has 1 aliphatic rings. The largest absolute Gasteiger partial charge is 0.504 e. The standard InChI is InChI=1S/C21H17FN2O5/c1-29-17-8-11(6-7-16(17)25)12-9-18(26)23-19-13(21(27)28)10-24(20(12)19)15-5-3-2-4-14(15)22/h2-8,10,12,25H,9H2,1H3,(H,23,26)(H,27,28)/t12-/m1/s1. The number of anilines is 1. The van der Waals surface area contributed by atoms with Gasteiger partial charge in [-0.05, 0) is 29.8 Å². The topological polar surface area (TPSA) is 101 Å². The molecule has 4 rings (SSSR count). The van der Waals surface area contributed by atoms with Crippen LogP contribution in [-0.4, -0.2) is 33.8 Å². The smallest absolute Gasteiger partial charge is 0.339 e. The zero-order valence-corrected chi connectivity index (χ0v) is 15.3. The van der Waals surface area contributed by atoms with E-state index in [1.165, 1.54) is 42.1 Å². The number of ether oxygens (including phenoxy) is 1. The third-order valence-corrected chi connectivity index (χ3v) is 4.98. The van der Waals surface area contributed by atoms with Crippen LogP contribution in [0.4, 0.5) is 10.1 Å². The highest BCUT2D eigenvalue weighted by Gasteiger charge is 2.35. The van der Waals surface area contributed by atoms with Crippen molar-refractivity contribution in [1.82, 2.24) is 4.57 Å². The zero-order valence-electron chi connectivity index (χ0n) is 15.3. The van der Waals surface area contributed by atoms with E-state index in [1.54, 1.807) is 18.2 Å². The summed E-state index contributed by atoms with van der Waals surface area (Å²) in [4.78, 5) is 24.1. The molecular weight excluding hydrogens is 379 g/mol. The highest BCUT2D eigenvalue weighted by molar-refractivity contribution is 6.04. The number of carboxylic acid groups (broad SMARTS) is 1. The molecule has 29 heavy (non-hydrogen) atoms. The van der Waals surface area contributed by atoms with E-state index in [9.17, 15) is 24.2 Å². The molecule has 0 fully saturated rings. The third kappa shape index (κ3) is 3.08. The number of methoxy groups -OCH3 is 1. The molecule has 2 aromatic carbocycles. The van der Waals surface area contributed by atoms with Crippen molar-refractivity contribution in [3.63, 3.8) is 0 Å². The number of hydrogen-bond acceptors (Lipinski definition) is 4. The number of hydrogen-bond donors (Lipinski definition) is 3. The lowest BCUT2D eigenvalue weighted by Gasteiger charge is -2.26. The quantitative estimate of drug-likeness (QED) is 0.627. The van der Waals surface area contributed by atoms with Crippen LogP contribution in [0.15, 0.2) is 48.7 Å². The second-order valence-electron chi connectivity index (χ2n) is 6.67. The van der Waals surface area contributed by atoms with Gasteiger partial charge in [0.25, 0.3) is 0 Å². The fourth-order valence-electron chi connectivity index (χ4n) is 3.66. The van der Waals surface area contributed by atoms with Crippen LogP contribution in [-0.2, 0) is 4.79 Å². The number of carbonyl (C=O) groups is 2. The van der Waals surface area contributed by atoms with Gasteiger partial charge in [0, 0.05) is 18.5 Å². The molecule has 1 aliphatic heterocycles. The Morgan fingerprint density at radius 3 is 2.72 bits per heavy atom. The first-order valence-corrected chi connectivity index (χ1v) is 8.81. The van der Waals surface area contributed by atoms with Crippen molar-refractivity contribution < 1.29 is 28.9 Å².